The molecule has 0 aromatic heterocycles. The summed E-state index contributed by atoms with van der Waals surface area (Å²) in [7, 11) is 1.33. The Morgan fingerprint density at radius 2 is 1.86 bits per heavy atom. The van der Waals surface area contributed by atoms with Crippen molar-refractivity contribution < 1.29 is 14.3 Å². The van der Waals surface area contributed by atoms with Gasteiger partial charge in [0.25, 0.3) is 0 Å². The molecule has 0 aliphatic rings. The Labute approximate surface area is 133 Å². The maximum atomic E-state index is 12.3. The number of methoxy groups -OCH3 is 1. The van der Waals surface area contributed by atoms with E-state index in [-0.39, 0.29) is 5.91 Å². The highest BCUT2D eigenvalue weighted by molar-refractivity contribution is 5.85. The molecule has 0 aliphatic heterocycles. The summed E-state index contributed by atoms with van der Waals surface area (Å²) in [4.78, 5) is 24.2. The number of hydrogen-bond acceptors (Lipinski definition) is 3. The van der Waals surface area contributed by atoms with Crippen molar-refractivity contribution in [2.24, 2.45) is 5.92 Å². The van der Waals surface area contributed by atoms with E-state index in [4.69, 9.17) is 4.74 Å². The molecule has 0 unspecified atom stereocenters. The summed E-state index contributed by atoms with van der Waals surface area (Å²) in [5.74, 6) is -0.169. The standard InChI is InChI=1S/C18H27NO3/c1-4-6-10-14(5-2)13-16(20)19-17(18(21)22-3)15-11-8-7-9-12-15/h7-9,11-12,14,17H,4-6,10,13H2,1-3H3,(H,19,20)/t14-,17-/m1/s1. The van der Waals surface area contributed by atoms with Gasteiger partial charge < -0.3 is 10.1 Å². The fourth-order valence-electron chi connectivity index (χ4n) is 2.47. The first-order chi connectivity index (χ1) is 10.6. The summed E-state index contributed by atoms with van der Waals surface area (Å²) in [5, 5.41) is 2.81. The number of carbonyl (C=O) groups is 2. The molecule has 4 heteroatoms. The van der Waals surface area contributed by atoms with Crippen LogP contribution in [0.2, 0.25) is 0 Å². The first kappa shape index (κ1) is 18.2. The zero-order valence-electron chi connectivity index (χ0n) is 13.8. The Morgan fingerprint density at radius 3 is 2.41 bits per heavy atom. The fourth-order valence-corrected chi connectivity index (χ4v) is 2.47. The maximum Gasteiger partial charge on any atom is 0.333 e. The smallest absolute Gasteiger partial charge is 0.333 e. The third-order valence-electron chi connectivity index (χ3n) is 3.89. The second kappa shape index (κ2) is 9.98. The number of benzene rings is 1. The third kappa shape index (κ3) is 5.88. The van der Waals surface area contributed by atoms with Crippen LogP contribution in [0.5, 0.6) is 0 Å². The van der Waals surface area contributed by atoms with Crippen LogP contribution in [-0.2, 0) is 14.3 Å². The van der Waals surface area contributed by atoms with Crippen molar-refractivity contribution in [2.45, 2.75) is 52.0 Å². The molecule has 0 fully saturated rings. The molecule has 122 valence electrons. The van der Waals surface area contributed by atoms with E-state index < -0.39 is 12.0 Å². The van der Waals surface area contributed by atoms with Crippen LogP contribution < -0.4 is 5.32 Å². The van der Waals surface area contributed by atoms with E-state index in [9.17, 15) is 9.59 Å². The lowest BCUT2D eigenvalue weighted by Gasteiger charge is -2.19. The summed E-state index contributed by atoms with van der Waals surface area (Å²) in [6.07, 6.45) is 4.74. The van der Waals surface area contributed by atoms with E-state index >= 15 is 0 Å². The van der Waals surface area contributed by atoms with Crippen molar-refractivity contribution in [3.63, 3.8) is 0 Å². The molecule has 1 N–H and O–H groups in total. The summed E-state index contributed by atoms with van der Waals surface area (Å²) in [6, 6.07) is 8.45. The number of esters is 1. The minimum atomic E-state index is -0.734. The lowest BCUT2D eigenvalue weighted by Crippen LogP contribution is -2.35. The third-order valence-corrected chi connectivity index (χ3v) is 3.89. The molecule has 0 radical (unpaired) electrons. The largest absolute Gasteiger partial charge is 0.467 e. The molecule has 22 heavy (non-hydrogen) atoms. The highest BCUT2D eigenvalue weighted by Crippen LogP contribution is 2.19. The number of hydrogen-bond donors (Lipinski definition) is 1. The van der Waals surface area contributed by atoms with Crippen LogP contribution in [0, 0.1) is 5.92 Å². The van der Waals surface area contributed by atoms with Gasteiger partial charge >= 0.3 is 5.97 Å². The fraction of sp³-hybridized carbons (Fsp3) is 0.556. The first-order valence-electron chi connectivity index (χ1n) is 8.04. The van der Waals surface area contributed by atoms with Gasteiger partial charge in [0.05, 0.1) is 7.11 Å². The molecule has 1 rings (SSSR count). The van der Waals surface area contributed by atoms with Gasteiger partial charge in [0.2, 0.25) is 5.91 Å². The number of nitrogens with one attached hydrogen (secondary N) is 1. The van der Waals surface area contributed by atoms with Gasteiger partial charge in [-0.25, -0.2) is 4.79 Å². The highest BCUT2D eigenvalue weighted by atomic mass is 16.5. The highest BCUT2D eigenvalue weighted by Gasteiger charge is 2.24. The summed E-state index contributed by atoms with van der Waals surface area (Å²) in [5.41, 5.74) is 0.740. The molecular weight excluding hydrogens is 278 g/mol. The number of unbranched alkanes of at least 4 members (excludes halogenated alkanes) is 1. The minimum absolute atomic E-state index is 0.0952. The average molecular weight is 305 g/mol. The molecule has 0 aliphatic carbocycles. The maximum absolute atomic E-state index is 12.3. The van der Waals surface area contributed by atoms with E-state index in [0.717, 1.165) is 31.2 Å². The zero-order valence-corrected chi connectivity index (χ0v) is 13.8. The van der Waals surface area contributed by atoms with Crippen molar-refractivity contribution in [2.75, 3.05) is 7.11 Å². The van der Waals surface area contributed by atoms with Crippen LogP contribution in [0.25, 0.3) is 0 Å². The van der Waals surface area contributed by atoms with Crippen LogP contribution in [0.3, 0.4) is 0 Å². The monoisotopic (exact) mass is 305 g/mol. The lowest BCUT2D eigenvalue weighted by molar-refractivity contribution is -0.145. The van der Waals surface area contributed by atoms with E-state index in [1.165, 1.54) is 7.11 Å². The Morgan fingerprint density at radius 1 is 1.18 bits per heavy atom. The normalized spacial score (nSPS) is 13.2. The van der Waals surface area contributed by atoms with Crippen LogP contribution in [-0.4, -0.2) is 19.0 Å². The van der Waals surface area contributed by atoms with E-state index in [0.29, 0.717) is 12.3 Å². The lowest BCUT2D eigenvalue weighted by atomic mass is 9.95. The van der Waals surface area contributed by atoms with E-state index in [2.05, 4.69) is 19.2 Å². The first-order valence-corrected chi connectivity index (χ1v) is 8.04. The van der Waals surface area contributed by atoms with Crippen LogP contribution >= 0.6 is 0 Å². The molecule has 0 spiro atoms. The number of rotatable bonds is 9. The van der Waals surface area contributed by atoms with Crippen molar-refractivity contribution in [3.05, 3.63) is 35.9 Å². The number of ether oxygens (including phenoxy) is 1. The Balaban J connectivity index is 2.69. The second-order valence-corrected chi connectivity index (χ2v) is 5.55. The molecule has 0 saturated carbocycles. The quantitative estimate of drug-likeness (QED) is 0.709. The topological polar surface area (TPSA) is 55.4 Å². The van der Waals surface area contributed by atoms with Crippen molar-refractivity contribution >= 4 is 11.9 Å². The van der Waals surface area contributed by atoms with Gasteiger partial charge in [-0.1, -0.05) is 63.4 Å². The SMILES string of the molecule is CCCC[C@@H](CC)CC(=O)N[C@@H](C(=O)OC)c1ccccc1. The molecule has 0 saturated heterocycles. The van der Waals surface area contributed by atoms with Crippen LogP contribution in [0.4, 0.5) is 0 Å². The minimum Gasteiger partial charge on any atom is -0.467 e. The van der Waals surface area contributed by atoms with Gasteiger partial charge in [0, 0.05) is 6.42 Å². The number of amides is 1. The predicted octanol–water partition coefficient (Wildman–Crippen LogP) is 3.62. The van der Waals surface area contributed by atoms with Gasteiger partial charge in [0.15, 0.2) is 6.04 Å². The van der Waals surface area contributed by atoms with Gasteiger partial charge in [-0.15, -0.1) is 0 Å². The molecule has 1 aromatic rings. The molecule has 2 atom stereocenters. The average Bonchev–Trinajstić information content (AvgIpc) is 2.56. The van der Waals surface area contributed by atoms with Gasteiger partial charge in [-0.3, -0.25) is 4.79 Å². The van der Waals surface area contributed by atoms with Crippen molar-refractivity contribution in [1.29, 1.82) is 0 Å². The zero-order chi connectivity index (χ0) is 16.4. The summed E-state index contributed by atoms with van der Waals surface area (Å²) < 4.78 is 4.81. The summed E-state index contributed by atoms with van der Waals surface area (Å²) in [6.45, 7) is 4.25. The van der Waals surface area contributed by atoms with Gasteiger partial charge in [0.1, 0.15) is 0 Å². The van der Waals surface area contributed by atoms with Crippen LogP contribution in [0.15, 0.2) is 30.3 Å². The van der Waals surface area contributed by atoms with Gasteiger partial charge in [-0.2, -0.15) is 0 Å². The van der Waals surface area contributed by atoms with Gasteiger partial charge in [-0.05, 0) is 17.9 Å². The molecule has 1 amide bonds. The van der Waals surface area contributed by atoms with E-state index in [1.807, 2.05) is 30.3 Å². The van der Waals surface area contributed by atoms with E-state index in [1.54, 1.807) is 0 Å². The molecule has 1 aromatic carbocycles. The Bertz CT molecular complexity index is 459. The summed E-state index contributed by atoms with van der Waals surface area (Å²) >= 11 is 0. The molecule has 0 heterocycles. The van der Waals surface area contributed by atoms with Crippen molar-refractivity contribution in [1.82, 2.24) is 5.32 Å². The van der Waals surface area contributed by atoms with Crippen molar-refractivity contribution in [3.8, 4) is 0 Å². The second-order valence-electron chi connectivity index (χ2n) is 5.55. The Kier molecular flexibility index (Phi) is 8.26. The molecular formula is C18H27NO3. The number of carbonyl (C=O) groups excluding carboxylic acids is 2. The van der Waals surface area contributed by atoms with Crippen LogP contribution in [0.1, 0.15) is 57.6 Å². The molecule has 0 bridgehead atoms. The predicted molar refractivity (Wildman–Crippen MR) is 87.3 cm³/mol. The molecule has 4 nitrogen and oxygen atoms in total. The Hall–Kier alpha value is -1.84.